The summed E-state index contributed by atoms with van der Waals surface area (Å²) in [6.07, 6.45) is -7.99. The molecule has 0 atom stereocenters. The molecule has 0 spiro atoms. The third-order valence-corrected chi connectivity index (χ3v) is 3.44. The van der Waals surface area contributed by atoms with Gasteiger partial charge in [-0.2, -0.15) is 26.3 Å². The van der Waals surface area contributed by atoms with E-state index in [1.165, 1.54) is 30.3 Å². The van der Waals surface area contributed by atoms with E-state index >= 15 is 0 Å². The molecular formula is C18H11F6NO3. The van der Waals surface area contributed by atoms with Crippen molar-refractivity contribution in [2.75, 3.05) is 5.32 Å². The highest BCUT2D eigenvalue weighted by Gasteiger charge is 2.37. The minimum atomic E-state index is -5.06. The smallest absolute Gasteiger partial charge is 0.416 e. The molecule has 2 aromatic rings. The van der Waals surface area contributed by atoms with Crippen LogP contribution in [-0.4, -0.2) is 17.0 Å². The van der Waals surface area contributed by atoms with Crippen molar-refractivity contribution in [3.8, 4) is 0 Å². The highest BCUT2D eigenvalue weighted by atomic mass is 19.4. The van der Waals surface area contributed by atoms with Gasteiger partial charge in [-0.15, -0.1) is 0 Å². The lowest BCUT2D eigenvalue weighted by Gasteiger charge is -2.14. The van der Waals surface area contributed by atoms with Crippen molar-refractivity contribution in [1.82, 2.24) is 0 Å². The summed E-state index contributed by atoms with van der Waals surface area (Å²) in [5.41, 5.74) is -3.44. The molecule has 0 unspecified atom stereocenters. The zero-order valence-corrected chi connectivity index (χ0v) is 13.7. The lowest BCUT2D eigenvalue weighted by Crippen LogP contribution is -2.17. The molecule has 148 valence electrons. The summed E-state index contributed by atoms with van der Waals surface area (Å²) in [6.45, 7) is 0. The molecule has 0 radical (unpaired) electrons. The molecule has 2 N–H and O–H groups in total. The van der Waals surface area contributed by atoms with Gasteiger partial charge in [0, 0.05) is 17.3 Å². The maximum Gasteiger partial charge on any atom is 0.416 e. The van der Waals surface area contributed by atoms with Gasteiger partial charge >= 0.3 is 18.3 Å². The van der Waals surface area contributed by atoms with Gasteiger partial charge in [0.1, 0.15) is 0 Å². The third kappa shape index (κ3) is 5.60. The number of hydrogen-bond donors (Lipinski definition) is 2. The number of carbonyl (C=O) groups excluding carboxylic acids is 1. The molecule has 0 heterocycles. The molecule has 2 rings (SSSR count). The fraction of sp³-hybridized carbons (Fsp3) is 0.111. The number of rotatable bonds is 4. The van der Waals surface area contributed by atoms with Crippen molar-refractivity contribution < 1.29 is 41.0 Å². The molecule has 0 saturated heterocycles. The number of halogens is 6. The van der Waals surface area contributed by atoms with Crippen LogP contribution >= 0.6 is 0 Å². The van der Waals surface area contributed by atoms with E-state index in [1.807, 2.05) is 0 Å². The molecular weight excluding hydrogens is 392 g/mol. The highest BCUT2D eigenvalue weighted by molar-refractivity contribution is 6.04. The maximum absolute atomic E-state index is 12.9. The Hall–Kier alpha value is -3.30. The molecule has 0 aromatic heterocycles. The largest absolute Gasteiger partial charge is 0.478 e. The van der Waals surface area contributed by atoms with Gasteiger partial charge in [-0.1, -0.05) is 12.1 Å². The van der Waals surface area contributed by atoms with Crippen LogP contribution in [0.5, 0.6) is 0 Å². The zero-order chi connectivity index (χ0) is 21.1. The van der Waals surface area contributed by atoms with Crippen LogP contribution in [0.25, 0.3) is 6.08 Å². The second kappa shape index (κ2) is 7.75. The number of hydrogen-bond acceptors (Lipinski definition) is 2. The van der Waals surface area contributed by atoms with Crippen LogP contribution in [0.4, 0.5) is 32.0 Å². The molecule has 28 heavy (non-hydrogen) atoms. The molecule has 0 saturated carbocycles. The van der Waals surface area contributed by atoms with E-state index in [0.717, 1.165) is 6.08 Å². The van der Waals surface area contributed by atoms with E-state index in [9.17, 15) is 35.9 Å². The number of carboxylic acids is 1. The molecule has 1 amide bonds. The van der Waals surface area contributed by atoms with E-state index in [1.54, 1.807) is 0 Å². The summed E-state index contributed by atoms with van der Waals surface area (Å²) in [4.78, 5) is 22.6. The Balaban J connectivity index is 2.29. The lowest BCUT2D eigenvalue weighted by atomic mass is 10.0. The summed E-state index contributed by atoms with van der Waals surface area (Å²) in [7, 11) is 0. The van der Waals surface area contributed by atoms with Gasteiger partial charge in [0.25, 0.3) is 5.91 Å². The minimum absolute atomic E-state index is 0.0691. The second-order valence-corrected chi connectivity index (χ2v) is 5.54. The first kappa shape index (κ1) is 21.0. The van der Waals surface area contributed by atoms with Crippen molar-refractivity contribution >= 4 is 23.6 Å². The van der Waals surface area contributed by atoms with Crippen LogP contribution in [0.1, 0.15) is 27.0 Å². The quantitative estimate of drug-likeness (QED) is 0.553. The van der Waals surface area contributed by atoms with E-state index in [-0.39, 0.29) is 11.8 Å². The molecule has 10 heteroatoms. The predicted molar refractivity (Wildman–Crippen MR) is 87.5 cm³/mol. The molecule has 0 fully saturated rings. The first-order valence-corrected chi connectivity index (χ1v) is 7.48. The summed E-state index contributed by atoms with van der Waals surface area (Å²) in [5, 5.41) is 10.7. The highest BCUT2D eigenvalue weighted by Crippen LogP contribution is 2.36. The third-order valence-electron chi connectivity index (χ3n) is 3.44. The summed E-state index contributed by atoms with van der Waals surface area (Å²) < 4.78 is 77.1. The Bertz CT molecular complexity index is 882. The first-order chi connectivity index (χ1) is 12.9. The van der Waals surface area contributed by atoms with Gasteiger partial charge < -0.3 is 10.4 Å². The summed E-state index contributed by atoms with van der Waals surface area (Å²) in [5.74, 6) is -2.34. The number of anilines is 1. The average molecular weight is 403 g/mol. The lowest BCUT2D eigenvalue weighted by molar-refractivity contribution is -0.143. The monoisotopic (exact) mass is 403 g/mol. The Morgan fingerprint density at radius 2 is 1.36 bits per heavy atom. The second-order valence-electron chi connectivity index (χ2n) is 5.54. The zero-order valence-electron chi connectivity index (χ0n) is 13.7. The number of nitrogens with one attached hydrogen (secondary N) is 1. The Kier molecular flexibility index (Phi) is 5.81. The standard InChI is InChI=1S/C18H11F6NO3/c19-17(20,21)12-7-11(8-13(9-12)18(22,23)24)16(28)25-14-4-1-10(2-5-14)3-6-15(26)27/h1-9H,(H,25,28)(H,26,27). The van der Waals surface area contributed by atoms with Crippen molar-refractivity contribution in [3.63, 3.8) is 0 Å². The van der Waals surface area contributed by atoms with Crippen molar-refractivity contribution in [2.24, 2.45) is 0 Å². The first-order valence-electron chi connectivity index (χ1n) is 7.48. The molecule has 2 aromatic carbocycles. The van der Waals surface area contributed by atoms with Crippen molar-refractivity contribution in [2.45, 2.75) is 12.4 Å². The van der Waals surface area contributed by atoms with Crippen LogP contribution in [0.3, 0.4) is 0 Å². The fourth-order valence-corrected chi connectivity index (χ4v) is 2.13. The normalized spacial score (nSPS) is 12.2. The molecule has 0 aliphatic rings. The van der Waals surface area contributed by atoms with Crippen molar-refractivity contribution in [3.05, 3.63) is 70.8 Å². The molecule has 4 nitrogen and oxygen atoms in total. The number of carboxylic acid groups (broad SMARTS) is 1. The average Bonchev–Trinajstić information content (AvgIpc) is 2.59. The van der Waals surface area contributed by atoms with Gasteiger partial charge in [0.15, 0.2) is 0 Å². The number of aliphatic carboxylic acids is 1. The van der Waals surface area contributed by atoms with Gasteiger partial charge in [0.05, 0.1) is 11.1 Å². The van der Waals surface area contributed by atoms with Gasteiger partial charge in [-0.25, -0.2) is 4.79 Å². The number of alkyl halides is 6. The van der Waals surface area contributed by atoms with E-state index in [0.29, 0.717) is 17.7 Å². The fourth-order valence-electron chi connectivity index (χ4n) is 2.13. The molecule has 0 aliphatic carbocycles. The maximum atomic E-state index is 12.9. The van der Waals surface area contributed by atoms with E-state index in [4.69, 9.17) is 5.11 Å². The van der Waals surface area contributed by atoms with Gasteiger partial charge in [-0.3, -0.25) is 4.79 Å². The number of carbonyl (C=O) groups is 2. The summed E-state index contributed by atoms with van der Waals surface area (Å²) in [6, 6.07) is 6.03. The van der Waals surface area contributed by atoms with E-state index < -0.39 is 40.9 Å². The number of amides is 1. The van der Waals surface area contributed by atoms with Gasteiger partial charge in [-0.05, 0) is 42.0 Å². The van der Waals surface area contributed by atoms with Crippen LogP contribution in [0.15, 0.2) is 48.5 Å². The Morgan fingerprint density at radius 3 is 1.79 bits per heavy atom. The molecule has 0 bridgehead atoms. The van der Waals surface area contributed by atoms with Crippen LogP contribution in [0.2, 0.25) is 0 Å². The van der Waals surface area contributed by atoms with Gasteiger partial charge in [0.2, 0.25) is 0 Å². The summed E-state index contributed by atoms with van der Waals surface area (Å²) >= 11 is 0. The number of benzene rings is 2. The minimum Gasteiger partial charge on any atom is -0.478 e. The van der Waals surface area contributed by atoms with Crippen LogP contribution in [-0.2, 0) is 17.1 Å². The SMILES string of the molecule is O=C(O)C=Cc1ccc(NC(=O)c2cc(C(F)(F)F)cc(C(F)(F)F)c2)cc1. The predicted octanol–water partition coefficient (Wildman–Crippen LogP) is 5.07. The Morgan fingerprint density at radius 1 is 0.857 bits per heavy atom. The topological polar surface area (TPSA) is 66.4 Å². The van der Waals surface area contributed by atoms with Crippen molar-refractivity contribution in [1.29, 1.82) is 0 Å². The van der Waals surface area contributed by atoms with E-state index in [2.05, 4.69) is 5.32 Å². The Labute approximate surface area is 154 Å². The molecule has 0 aliphatic heterocycles. The van der Waals surface area contributed by atoms with Crippen LogP contribution < -0.4 is 5.32 Å². The van der Waals surface area contributed by atoms with Crippen LogP contribution in [0, 0.1) is 0 Å².